The molecule has 0 unspecified atom stereocenters. The van der Waals surface area contributed by atoms with E-state index in [2.05, 4.69) is 9.57 Å². The number of hydrogen-bond acceptors (Lipinski definition) is 8. The maximum Gasteiger partial charge on any atom is 0.513 e. The summed E-state index contributed by atoms with van der Waals surface area (Å²) in [7, 11) is 0. The van der Waals surface area contributed by atoms with Gasteiger partial charge < -0.3 is 14.3 Å². The Labute approximate surface area is 174 Å². The molecule has 0 heterocycles. The fraction of sp³-hybridized carbons (Fsp3) is 0.235. The van der Waals surface area contributed by atoms with E-state index in [1.807, 2.05) is 0 Å². The van der Waals surface area contributed by atoms with E-state index in [4.69, 9.17) is 4.74 Å². The van der Waals surface area contributed by atoms with E-state index in [1.54, 1.807) is 0 Å². The van der Waals surface area contributed by atoms with E-state index >= 15 is 0 Å². The van der Waals surface area contributed by atoms with Crippen molar-refractivity contribution in [1.29, 1.82) is 0 Å². The van der Waals surface area contributed by atoms with Crippen LogP contribution in [-0.2, 0) is 9.57 Å². The molecule has 0 radical (unpaired) electrons. The van der Waals surface area contributed by atoms with E-state index in [0.29, 0.717) is 12.1 Å². The van der Waals surface area contributed by atoms with Crippen LogP contribution in [0.3, 0.4) is 0 Å². The Balaban J connectivity index is 2.30. The number of unbranched alkanes of at least 4 members (excludes halogenated alkanes) is 1. The average Bonchev–Trinajstić information content (AvgIpc) is 2.74. The lowest BCUT2D eigenvalue weighted by molar-refractivity contribution is -0.757. The summed E-state index contributed by atoms with van der Waals surface area (Å²) in [5.74, 6) is -12.5. The number of nitrogens with zero attached hydrogens (tertiary/aromatic N) is 2. The van der Waals surface area contributed by atoms with Gasteiger partial charge in [0.05, 0.1) is 23.7 Å². The van der Waals surface area contributed by atoms with Crippen molar-refractivity contribution in [1.82, 2.24) is 0 Å². The van der Waals surface area contributed by atoms with Crippen LogP contribution in [0, 0.1) is 49.3 Å². The minimum absolute atomic E-state index is 0.0910. The first-order valence-electron chi connectivity index (χ1n) is 8.46. The molecule has 0 aliphatic heterocycles. The quantitative estimate of drug-likeness (QED) is 0.0774. The second kappa shape index (κ2) is 10.3. The van der Waals surface area contributed by atoms with Crippen molar-refractivity contribution in [2.75, 3.05) is 13.2 Å². The van der Waals surface area contributed by atoms with Crippen molar-refractivity contribution in [3.63, 3.8) is 0 Å². The van der Waals surface area contributed by atoms with Crippen LogP contribution in [0.1, 0.15) is 12.8 Å². The van der Waals surface area contributed by atoms with Crippen molar-refractivity contribution < 1.29 is 51.1 Å². The highest BCUT2D eigenvalue weighted by atomic mass is 19.2. The average molecular weight is 466 g/mol. The van der Waals surface area contributed by atoms with Crippen molar-refractivity contribution in [3.8, 4) is 16.9 Å². The van der Waals surface area contributed by atoms with Gasteiger partial charge in [-0.2, -0.15) is 0 Å². The highest BCUT2D eigenvalue weighted by Gasteiger charge is 2.30. The lowest BCUT2D eigenvalue weighted by Gasteiger charge is -2.13. The molecule has 0 bridgehead atoms. The van der Waals surface area contributed by atoms with Crippen LogP contribution in [-0.4, -0.2) is 29.4 Å². The topological polar surface area (TPSA) is 131 Å². The molecule has 2 rings (SSSR count). The van der Waals surface area contributed by atoms with Crippen LogP contribution in [0.5, 0.6) is 5.75 Å². The number of carbonyl (C=O) groups excluding carboxylic acids is 1. The summed E-state index contributed by atoms with van der Waals surface area (Å²) in [5.41, 5.74) is -3.32. The molecule has 10 nitrogen and oxygen atoms in total. The summed E-state index contributed by atoms with van der Waals surface area (Å²) in [4.78, 5) is 35.8. The van der Waals surface area contributed by atoms with Crippen LogP contribution in [0.15, 0.2) is 18.2 Å². The number of halogens is 5. The highest BCUT2D eigenvalue weighted by Crippen LogP contribution is 2.39. The zero-order valence-corrected chi connectivity index (χ0v) is 15.6. The number of rotatable bonds is 9. The Morgan fingerprint density at radius 3 is 2.00 bits per heavy atom. The van der Waals surface area contributed by atoms with Crippen LogP contribution in [0.2, 0.25) is 0 Å². The van der Waals surface area contributed by atoms with Crippen molar-refractivity contribution in [2.45, 2.75) is 12.8 Å². The third-order valence-electron chi connectivity index (χ3n) is 3.80. The molecule has 0 spiro atoms. The second-order valence-electron chi connectivity index (χ2n) is 5.85. The van der Waals surface area contributed by atoms with Crippen molar-refractivity contribution in [3.05, 3.63) is 67.5 Å². The molecule has 0 saturated carbocycles. The summed E-state index contributed by atoms with van der Waals surface area (Å²) < 4.78 is 78.2. The largest absolute Gasteiger partial charge is 0.513 e. The van der Waals surface area contributed by atoms with E-state index in [1.165, 1.54) is 0 Å². The third kappa shape index (κ3) is 5.55. The van der Waals surface area contributed by atoms with Crippen LogP contribution < -0.4 is 4.74 Å². The minimum atomic E-state index is -2.45. The van der Waals surface area contributed by atoms with Crippen molar-refractivity contribution >= 4 is 11.8 Å². The van der Waals surface area contributed by atoms with Crippen LogP contribution in [0.4, 0.5) is 32.4 Å². The molecule has 0 saturated heterocycles. The fourth-order valence-corrected chi connectivity index (χ4v) is 2.38. The molecular formula is C17H11F5N2O8. The van der Waals surface area contributed by atoms with Gasteiger partial charge in [-0.25, -0.2) is 26.7 Å². The highest BCUT2D eigenvalue weighted by molar-refractivity contribution is 5.77. The lowest BCUT2D eigenvalue weighted by Crippen LogP contribution is -2.13. The summed E-state index contributed by atoms with van der Waals surface area (Å²) >= 11 is 0. The van der Waals surface area contributed by atoms with E-state index in [0.717, 1.165) is 6.07 Å². The van der Waals surface area contributed by atoms with E-state index in [-0.39, 0.29) is 26.1 Å². The predicted molar refractivity (Wildman–Crippen MR) is 92.5 cm³/mol. The van der Waals surface area contributed by atoms with Gasteiger partial charge in [-0.15, -0.1) is 10.1 Å². The molecule has 0 amide bonds. The minimum Gasteiger partial charge on any atom is -0.434 e. The predicted octanol–water partition coefficient (Wildman–Crippen LogP) is 4.46. The van der Waals surface area contributed by atoms with Gasteiger partial charge in [-0.3, -0.25) is 10.1 Å². The molecule has 0 N–H and O–H groups in total. The van der Waals surface area contributed by atoms with Crippen LogP contribution >= 0.6 is 0 Å². The van der Waals surface area contributed by atoms with Gasteiger partial charge in [0.15, 0.2) is 23.3 Å². The standard InChI is InChI=1S/C17H11F5N2O8/c18-12-11(13(19)15(21)16(22)14(12)20)9-7-8(23(26)27)3-4-10(9)32-17(25)30-5-1-2-6-31-24(28)29/h3-4,7H,1-2,5-6H2. The first-order valence-corrected chi connectivity index (χ1v) is 8.46. The van der Waals surface area contributed by atoms with Gasteiger partial charge in [0.25, 0.3) is 10.8 Å². The fourth-order valence-electron chi connectivity index (χ4n) is 2.38. The first kappa shape index (κ1) is 24.2. The zero-order chi connectivity index (χ0) is 24.0. The molecule has 172 valence electrons. The summed E-state index contributed by atoms with van der Waals surface area (Å²) in [5, 5.41) is 19.9. The SMILES string of the molecule is O=C(OCCCCO[N+](=O)[O-])Oc1ccc([N+](=O)[O-])cc1-c1c(F)c(F)c(F)c(F)c1F. The molecule has 32 heavy (non-hydrogen) atoms. The maximum atomic E-state index is 14.2. The second-order valence-corrected chi connectivity index (χ2v) is 5.85. The van der Waals surface area contributed by atoms with E-state index < -0.39 is 67.8 Å². The summed E-state index contributed by atoms with van der Waals surface area (Å²) in [6, 6.07) is 1.92. The van der Waals surface area contributed by atoms with Gasteiger partial charge in [0, 0.05) is 17.7 Å². The molecule has 0 atom stereocenters. The number of nitro groups is 1. The molecule has 0 aliphatic carbocycles. The van der Waals surface area contributed by atoms with Gasteiger partial charge in [-0.1, -0.05) is 0 Å². The Kier molecular flexibility index (Phi) is 7.81. The van der Waals surface area contributed by atoms with Gasteiger partial charge in [0.1, 0.15) is 5.75 Å². The van der Waals surface area contributed by atoms with Crippen molar-refractivity contribution in [2.24, 2.45) is 0 Å². The molecule has 2 aromatic carbocycles. The number of carbonyl (C=O) groups is 1. The Bertz CT molecular complexity index is 1040. The van der Waals surface area contributed by atoms with E-state index in [9.17, 15) is 47.0 Å². The molecule has 0 fully saturated rings. The normalized spacial score (nSPS) is 10.5. The Morgan fingerprint density at radius 1 is 0.875 bits per heavy atom. The Hall–Kier alpha value is -4.04. The Morgan fingerprint density at radius 2 is 1.44 bits per heavy atom. The summed E-state index contributed by atoms with van der Waals surface area (Å²) in [6.07, 6.45) is -1.27. The number of hydrogen-bond donors (Lipinski definition) is 0. The van der Waals surface area contributed by atoms with Gasteiger partial charge >= 0.3 is 6.16 Å². The molecular weight excluding hydrogens is 455 g/mol. The van der Waals surface area contributed by atoms with Gasteiger partial charge in [-0.05, 0) is 18.9 Å². The zero-order valence-electron chi connectivity index (χ0n) is 15.6. The first-order chi connectivity index (χ1) is 15.0. The monoisotopic (exact) mass is 466 g/mol. The molecule has 2 aromatic rings. The van der Waals surface area contributed by atoms with Crippen LogP contribution in [0.25, 0.3) is 11.1 Å². The number of non-ortho nitro benzene ring substituents is 1. The third-order valence-corrected chi connectivity index (χ3v) is 3.80. The number of nitro benzene ring substituents is 1. The molecule has 0 aromatic heterocycles. The molecule has 0 aliphatic rings. The smallest absolute Gasteiger partial charge is 0.434 e. The number of benzene rings is 2. The van der Waals surface area contributed by atoms with Gasteiger partial charge in [0.2, 0.25) is 5.82 Å². The number of ether oxygens (including phenoxy) is 2. The maximum absolute atomic E-state index is 14.2. The molecule has 15 heteroatoms. The lowest BCUT2D eigenvalue weighted by atomic mass is 10.0. The summed E-state index contributed by atoms with van der Waals surface area (Å²) in [6.45, 7) is -0.608.